The molecule has 3 heterocycles. The number of amidine groups is 1. The molecule has 1 amide bonds. The lowest BCUT2D eigenvalue weighted by Gasteiger charge is -2.19. The van der Waals surface area contributed by atoms with Gasteiger partial charge < -0.3 is 4.90 Å². The van der Waals surface area contributed by atoms with Crippen molar-refractivity contribution in [1.29, 1.82) is 0 Å². The molecule has 0 aliphatic carbocycles. The Balaban J connectivity index is 1.60. The molecule has 1 saturated heterocycles. The van der Waals surface area contributed by atoms with Crippen LogP contribution >= 0.6 is 23.5 Å². The fourth-order valence-electron chi connectivity index (χ4n) is 3.71. The van der Waals surface area contributed by atoms with Crippen molar-refractivity contribution in [1.82, 2.24) is 9.88 Å². The summed E-state index contributed by atoms with van der Waals surface area (Å²) in [4.78, 5) is 28.5. The highest BCUT2D eigenvalue weighted by molar-refractivity contribution is 8.19. The molecule has 0 saturated carbocycles. The van der Waals surface area contributed by atoms with Gasteiger partial charge in [0.15, 0.2) is 5.17 Å². The molecule has 0 spiro atoms. The van der Waals surface area contributed by atoms with Gasteiger partial charge in [-0.25, -0.2) is 4.99 Å². The summed E-state index contributed by atoms with van der Waals surface area (Å²) in [6, 6.07) is 18.0. The molecule has 7 heteroatoms. The standard InChI is InChI=1S/C24H20N4OS2/c1-3-15-28-22(29)21(23-27(4-2)19-12-5-6-13-20(19)30-23)31-24(28)26-18-11-7-10-17-16(18)9-8-14-25-17/h3,5-14H,1,4,15H2,2H3/b23-21-,26-24?. The molecule has 0 N–H and O–H groups in total. The maximum absolute atomic E-state index is 13.4. The first-order chi connectivity index (χ1) is 15.2. The second kappa shape index (κ2) is 8.24. The number of nitrogens with zero attached hydrogens (tertiary/aromatic N) is 4. The van der Waals surface area contributed by atoms with Gasteiger partial charge in [0, 0.05) is 29.6 Å². The summed E-state index contributed by atoms with van der Waals surface area (Å²) in [6.45, 7) is 7.14. The van der Waals surface area contributed by atoms with Crippen LogP contribution in [0.15, 0.2) is 93.3 Å². The number of thioether (sulfide) groups is 2. The highest BCUT2D eigenvalue weighted by Crippen LogP contribution is 2.50. The number of carbonyl (C=O) groups excluding carboxylic acids is 1. The Morgan fingerprint density at radius 2 is 1.94 bits per heavy atom. The molecule has 1 fully saturated rings. The fraction of sp³-hybridized carbons (Fsp3) is 0.125. The van der Waals surface area contributed by atoms with E-state index < -0.39 is 0 Å². The van der Waals surface area contributed by atoms with Crippen molar-refractivity contribution in [2.45, 2.75) is 11.8 Å². The smallest absolute Gasteiger partial charge is 0.269 e. The van der Waals surface area contributed by atoms with E-state index in [0.29, 0.717) is 16.6 Å². The van der Waals surface area contributed by atoms with Crippen LogP contribution in [-0.4, -0.2) is 34.0 Å². The van der Waals surface area contributed by atoms with E-state index in [0.717, 1.165) is 33.9 Å². The summed E-state index contributed by atoms with van der Waals surface area (Å²) in [6.07, 6.45) is 3.51. The number of anilines is 1. The Kier molecular flexibility index (Phi) is 5.29. The molecule has 0 unspecified atom stereocenters. The molecule has 154 valence electrons. The van der Waals surface area contributed by atoms with E-state index in [1.54, 1.807) is 28.9 Å². The summed E-state index contributed by atoms with van der Waals surface area (Å²) in [7, 11) is 0. The number of pyridine rings is 1. The molecule has 0 atom stereocenters. The van der Waals surface area contributed by atoms with Crippen LogP contribution in [0.25, 0.3) is 10.9 Å². The topological polar surface area (TPSA) is 48.8 Å². The highest BCUT2D eigenvalue weighted by Gasteiger charge is 2.39. The van der Waals surface area contributed by atoms with Gasteiger partial charge in [-0.15, -0.1) is 6.58 Å². The van der Waals surface area contributed by atoms with Crippen molar-refractivity contribution in [3.63, 3.8) is 0 Å². The number of rotatable bonds is 4. The molecule has 2 aliphatic heterocycles. The zero-order valence-electron chi connectivity index (χ0n) is 17.0. The van der Waals surface area contributed by atoms with Crippen molar-refractivity contribution in [3.8, 4) is 0 Å². The van der Waals surface area contributed by atoms with E-state index in [1.807, 2.05) is 42.5 Å². The first kappa shape index (κ1) is 19.9. The molecule has 2 aromatic carbocycles. The van der Waals surface area contributed by atoms with Gasteiger partial charge in [0.1, 0.15) is 9.93 Å². The van der Waals surface area contributed by atoms with Crippen LogP contribution < -0.4 is 4.90 Å². The van der Waals surface area contributed by atoms with Crippen LogP contribution in [-0.2, 0) is 4.79 Å². The van der Waals surface area contributed by atoms with Crippen molar-refractivity contribution in [2.75, 3.05) is 18.0 Å². The summed E-state index contributed by atoms with van der Waals surface area (Å²) < 4.78 is 0. The van der Waals surface area contributed by atoms with Gasteiger partial charge in [-0.2, -0.15) is 0 Å². The highest BCUT2D eigenvalue weighted by atomic mass is 32.2. The number of hydrogen-bond donors (Lipinski definition) is 0. The minimum Gasteiger partial charge on any atom is -0.334 e. The Bertz CT molecular complexity index is 1260. The predicted molar refractivity (Wildman–Crippen MR) is 131 cm³/mol. The maximum Gasteiger partial charge on any atom is 0.269 e. The summed E-state index contributed by atoms with van der Waals surface area (Å²) >= 11 is 3.08. The third kappa shape index (κ3) is 3.43. The molecule has 0 radical (unpaired) electrons. The van der Waals surface area contributed by atoms with Crippen LogP contribution in [0.2, 0.25) is 0 Å². The molecule has 1 aromatic heterocycles. The molecule has 3 aromatic rings. The number of carbonyl (C=O) groups is 1. The lowest BCUT2D eigenvalue weighted by atomic mass is 10.2. The molecule has 5 rings (SSSR count). The molecule has 0 bridgehead atoms. The average Bonchev–Trinajstić information content (AvgIpc) is 3.32. The zero-order chi connectivity index (χ0) is 21.4. The van der Waals surface area contributed by atoms with E-state index >= 15 is 0 Å². The Morgan fingerprint density at radius 1 is 1.06 bits per heavy atom. The van der Waals surface area contributed by atoms with E-state index in [2.05, 4.69) is 35.5 Å². The van der Waals surface area contributed by atoms with Crippen LogP contribution in [0.3, 0.4) is 0 Å². The lowest BCUT2D eigenvalue weighted by molar-refractivity contribution is -0.121. The molecule has 31 heavy (non-hydrogen) atoms. The van der Waals surface area contributed by atoms with E-state index in [1.165, 1.54) is 16.7 Å². The normalized spacial score (nSPS) is 19.5. The fourth-order valence-corrected chi connectivity index (χ4v) is 6.11. The number of aliphatic imine (C=N–C) groups is 1. The second-order valence-electron chi connectivity index (χ2n) is 7.00. The van der Waals surface area contributed by atoms with Gasteiger partial charge in [0.2, 0.25) is 0 Å². The van der Waals surface area contributed by atoms with Crippen LogP contribution in [0.4, 0.5) is 11.4 Å². The predicted octanol–water partition coefficient (Wildman–Crippen LogP) is 5.79. The monoisotopic (exact) mass is 444 g/mol. The van der Waals surface area contributed by atoms with E-state index in [9.17, 15) is 4.79 Å². The first-order valence-electron chi connectivity index (χ1n) is 10.0. The zero-order valence-corrected chi connectivity index (χ0v) is 18.6. The molecule has 5 nitrogen and oxygen atoms in total. The Labute approximate surface area is 189 Å². The second-order valence-corrected chi connectivity index (χ2v) is 9.00. The Morgan fingerprint density at radius 3 is 2.77 bits per heavy atom. The van der Waals surface area contributed by atoms with Crippen molar-refractivity contribution in [2.24, 2.45) is 4.99 Å². The largest absolute Gasteiger partial charge is 0.334 e. The minimum atomic E-state index is -0.0317. The van der Waals surface area contributed by atoms with Gasteiger partial charge in [-0.1, -0.05) is 36.0 Å². The van der Waals surface area contributed by atoms with Gasteiger partial charge in [-0.3, -0.25) is 14.7 Å². The summed E-state index contributed by atoms with van der Waals surface area (Å²) in [5, 5.41) is 2.59. The van der Waals surface area contributed by atoms with E-state index in [4.69, 9.17) is 4.99 Å². The van der Waals surface area contributed by atoms with Crippen molar-refractivity contribution < 1.29 is 4.79 Å². The van der Waals surface area contributed by atoms with Crippen LogP contribution in [0, 0.1) is 0 Å². The van der Waals surface area contributed by atoms with Crippen LogP contribution in [0.1, 0.15) is 6.92 Å². The van der Waals surface area contributed by atoms with Gasteiger partial charge in [0.05, 0.1) is 16.9 Å². The quantitative estimate of drug-likeness (QED) is 0.377. The number of benzene rings is 2. The molecular formula is C24H20N4OS2. The third-order valence-electron chi connectivity index (χ3n) is 5.13. The van der Waals surface area contributed by atoms with Crippen molar-refractivity contribution >= 4 is 56.9 Å². The first-order valence-corrected chi connectivity index (χ1v) is 11.7. The number of amides is 1. The van der Waals surface area contributed by atoms with Gasteiger partial charge >= 0.3 is 0 Å². The SMILES string of the molecule is C=CCN1C(=O)/C(=C2/Sc3ccccc3N2CC)SC1=Nc1cccc2ncccc12. The molecule has 2 aliphatic rings. The number of hydrogen-bond acceptors (Lipinski definition) is 6. The third-order valence-corrected chi connectivity index (χ3v) is 7.51. The van der Waals surface area contributed by atoms with E-state index in [-0.39, 0.29) is 5.91 Å². The van der Waals surface area contributed by atoms with Gasteiger partial charge in [-0.05, 0) is 55.1 Å². The average molecular weight is 445 g/mol. The molecular weight excluding hydrogens is 424 g/mol. The Hall–Kier alpha value is -3.03. The lowest BCUT2D eigenvalue weighted by Crippen LogP contribution is -2.30. The minimum absolute atomic E-state index is 0.0317. The summed E-state index contributed by atoms with van der Waals surface area (Å²) in [5.74, 6) is -0.0317. The summed E-state index contributed by atoms with van der Waals surface area (Å²) in [5.41, 5.74) is 2.83. The van der Waals surface area contributed by atoms with Gasteiger partial charge in [0.25, 0.3) is 5.91 Å². The number of para-hydroxylation sites is 1. The number of aromatic nitrogens is 1. The maximum atomic E-state index is 13.4. The number of fused-ring (bicyclic) bond motifs is 2. The van der Waals surface area contributed by atoms with Crippen molar-refractivity contribution in [3.05, 3.63) is 83.4 Å². The van der Waals surface area contributed by atoms with Crippen LogP contribution in [0.5, 0.6) is 0 Å².